The minimum Gasteiger partial charge on any atom is -0.409 e. The fourth-order valence-corrected chi connectivity index (χ4v) is 1.98. The highest BCUT2D eigenvalue weighted by Crippen LogP contribution is 2.26. The lowest BCUT2D eigenvalue weighted by Gasteiger charge is -2.30. The molecular weight excluding hydrogens is 252 g/mol. The second-order valence-electron chi connectivity index (χ2n) is 4.04. The Kier molecular flexibility index (Phi) is 3.81. The van der Waals surface area contributed by atoms with E-state index in [1.807, 2.05) is 4.90 Å². The third kappa shape index (κ3) is 2.74. The van der Waals surface area contributed by atoms with Crippen molar-refractivity contribution >= 4 is 17.2 Å². The van der Waals surface area contributed by atoms with Crippen LogP contribution >= 0.6 is 0 Å². The molecule has 0 atom stereocenters. The summed E-state index contributed by atoms with van der Waals surface area (Å²) in [7, 11) is 0. The predicted octanol–water partition coefficient (Wildman–Crippen LogP) is 0.526. The zero-order chi connectivity index (χ0) is 13.8. The summed E-state index contributed by atoms with van der Waals surface area (Å²) in [6.07, 6.45) is 0. The summed E-state index contributed by atoms with van der Waals surface area (Å²) in [6, 6.07) is 4.32. The molecule has 0 aliphatic carbocycles. The first-order valence-corrected chi connectivity index (χ1v) is 5.72. The molecule has 1 heterocycles. The molecular formula is C11H14N4O4. The topological polar surface area (TPSA) is 114 Å². The molecule has 0 amide bonds. The third-order valence-corrected chi connectivity index (χ3v) is 2.93. The van der Waals surface area contributed by atoms with Gasteiger partial charge in [-0.3, -0.25) is 10.1 Å². The summed E-state index contributed by atoms with van der Waals surface area (Å²) in [5.74, 6) is -0.148. The predicted molar refractivity (Wildman–Crippen MR) is 68.6 cm³/mol. The van der Waals surface area contributed by atoms with E-state index in [2.05, 4.69) is 5.16 Å². The maximum atomic E-state index is 10.8. The normalized spacial score (nSPS) is 16.4. The number of benzene rings is 1. The van der Waals surface area contributed by atoms with Crippen LogP contribution in [0.5, 0.6) is 0 Å². The summed E-state index contributed by atoms with van der Waals surface area (Å²) in [6.45, 7) is 2.46. The van der Waals surface area contributed by atoms with Crippen molar-refractivity contribution in [1.82, 2.24) is 0 Å². The second-order valence-corrected chi connectivity index (χ2v) is 4.04. The second kappa shape index (κ2) is 5.53. The molecule has 8 heteroatoms. The van der Waals surface area contributed by atoms with Crippen LogP contribution in [0.3, 0.4) is 0 Å². The lowest BCUT2D eigenvalue weighted by molar-refractivity contribution is -0.384. The molecule has 0 unspecified atom stereocenters. The zero-order valence-corrected chi connectivity index (χ0v) is 10.2. The van der Waals surface area contributed by atoms with Crippen molar-refractivity contribution in [2.24, 2.45) is 10.9 Å². The molecule has 8 nitrogen and oxygen atoms in total. The number of nitro groups is 1. The van der Waals surface area contributed by atoms with E-state index in [1.165, 1.54) is 12.1 Å². The Labute approximate surface area is 109 Å². The Bertz CT molecular complexity index is 511. The van der Waals surface area contributed by atoms with Crippen molar-refractivity contribution in [3.05, 3.63) is 33.9 Å². The standard InChI is InChI=1S/C11H14N4O4/c12-11(13-16)9-7-8(15(17)18)1-2-10(9)14-3-5-19-6-4-14/h1-2,7,16H,3-6H2,(H2,12,13). The number of ether oxygens (including phenoxy) is 1. The minimum atomic E-state index is -0.517. The van der Waals surface area contributed by atoms with Crippen molar-refractivity contribution < 1.29 is 14.9 Å². The van der Waals surface area contributed by atoms with E-state index < -0.39 is 4.92 Å². The number of oxime groups is 1. The first-order valence-electron chi connectivity index (χ1n) is 5.72. The lowest BCUT2D eigenvalue weighted by atomic mass is 10.1. The van der Waals surface area contributed by atoms with Crippen molar-refractivity contribution in [1.29, 1.82) is 0 Å². The summed E-state index contributed by atoms with van der Waals surface area (Å²) < 4.78 is 5.25. The van der Waals surface area contributed by atoms with Gasteiger partial charge in [0.2, 0.25) is 0 Å². The Balaban J connectivity index is 2.44. The Morgan fingerprint density at radius 3 is 2.74 bits per heavy atom. The van der Waals surface area contributed by atoms with E-state index in [-0.39, 0.29) is 11.5 Å². The van der Waals surface area contributed by atoms with Crippen LogP contribution in [0.1, 0.15) is 5.56 Å². The van der Waals surface area contributed by atoms with Crippen molar-refractivity contribution in [2.45, 2.75) is 0 Å². The van der Waals surface area contributed by atoms with Gasteiger partial charge in [-0.2, -0.15) is 0 Å². The smallest absolute Gasteiger partial charge is 0.270 e. The fourth-order valence-electron chi connectivity index (χ4n) is 1.98. The summed E-state index contributed by atoms with van der Waals surface area (Å²) in [5.41, 5.74) is 6.54. The number of non-ortho nitro benzene ring substituents is 1. The molecule has 1 fully saturated rings. The van der Waals surface area contributed by atoms with Crippen LogP contribution in [0.2, 0.25) is 0 Å². The zero-order valence-electron chi connectivity index (χ0n) is 10.2. The Morgan fingerprint density at radius 1 is 1.47 bits per heavy atom. The number of rotatable bonds is 3. The molecule has 102 valence electrons. The molecule has 1 aromatic carbocycles. The molecule has 2 rings (SSSR count). The van der Waals surface area contributed by atoms with E-state index in [9.17, 15) is 10.1 Å². The number of nitrogens with two attached hydrogens (primary N) is 1. The molecule has 0 aromatic heterocycles. The van der Waals surface area contributed by atoms with Crippen LogP contribution in [-0.2, 0) is 4.74 Å². The van der Waals surface area contributed by atoms with Gasteiger partial charge in [0.05, 0.1) is 23.7 Å². The van der Waals surface area contributed by atoms with E-state index in [4.69, 9.17) is 15.7 Å². The lowest BCUT2D eigenvalue weighted by Crippen LogP contribution is -2.37. The molecule has 1 aliphatic rings. The molecule has 0 saturated carbocycles. The Morgan fingerprint density at radius 2 is 2.16 bits per heavy atom. The van der Waals surface area contributed by atoms with E-state index in [1.54, 1.807) is 6.07 Å². The van der Waals surface area contributed by atoms with Crippen LogP contribution in [0.15, 0.2) is 23.4 Å². The average molecular weight is 266 g/mol. The van der Waals surface area contributed by atoms with Crippen molar-refractivity contribution in [2.75, 3.05) is 31.2 Å². The maximum Gasteiger partial charge on any atom is 0.270 e. The molecule has 0 spiro atoms. The number of hydrogen-bond donors (Lipinski definition) is 2. The largest absolute Gasteiger partial charge is 0.409 e. The van der Waals surface area contributed by atoms with Gasteiger partial charge in [0.15, 0.2) is 5.84 Å². The molecule has 1 aliphatic heterocycles. The van der Waals surface area contributed by atoms with Crippen molar-refractivity contribution in [3.8, 4) is 0 Å². The monoisotopic (exact) mass is 266 g/mol. The summed E-state index contributed by atoms with van der Waals surface area (Å²) >= 11 is 0. The highest BCUT2D eigenvalue weighted by Gasteiger charge is 2.19. The van der Waals surface area contributed by atoms with Crippen LogP contribution in [-0.4, -0.2) is 42.3 Å². The molecule has 1 saturated heterocycles. The Hall–Kier alpha value is -2.35. The highest BCUT2D eigenvalue weighted by atomic mass is 16.6. The summed E-state index contributed by atoms with van der Waals surface area (Å²) in [4.78, 5) is 12.3. The van der Waals surface area contributed by atoms with Gasteiger partial charge < -0.3 is 20.6 Å². The van der Waals surface area contributed by atoms with Crippen LogP contribution in [0.25, 0.3) is 0 Å². The molecule has 19 heavy (non-hydrogen) atoms. The molecule has 0 radical (unpaired) electrons. The molecule has 3 N–H and O–H groups in total. The van der Waals surface area contributed by atoms with Gasteiger partial charge in [0.25, 0.3) is 5.69 Å². The van der Waals surface area contributed by atoms with Gasteiger partial charge >= 0.3 is 0 Å². The first kappa shape index (κ1) is 13.1. The minimum absolute atomic E-state index is 0.0985. The van der Waals surface area contributed by atoms with Crippen LogP contribution in [0.4, 0.5) is 11.4 Å². The maximum absolute atomic E-state index is 10.8. The average Bonchev–Trinajstić information content (AvgIpc) is 2.46. The van der Waals surface area contributed by atoms with Crippen molar-refractivity contribution in [3.63, 3.8) is 0 Å². The SMILES string of the molecule is NC(=NO)c1cc([N+](=O)[O-])ccc1N1CCOCC1. The van der Waals surface area contributed by atoms with E-state index >= 15 is 0 Å². The van der Waals surface area contributed by atoms with Crippen LogP contribution in [0, 0.1) is 10.1 Å². The third-order valence-electron chi connectivity index (χ3n) is 2.93. The number of morpholine rings is 1. The van der Waals surface area contributed by atoms with E-state index in [0.29, 0.717) is 37.6 Å². The van der Waals surface area contributed by atoms with Gasteiger partial charge in [-0.1, -0.05) is 5.16 Å². The van der Waals surface area contributed by atoms with Gasteiger partial charge in [0, 0.05) is 30.9 Å². The number of nitro benzene ring substituents is 1. The summed E-state index contributed by atoms with van der Waals surface area (Å²) in [5, 5.41) is 22.5. The van der Waals surface area contributed by atoms with E-state index in [0.717, 1.165) is 0 Å². The number of anilines is 1. The fraction of sp³-hybridized carbons (Fsp3) is 0.364. The number of hydrogen-bond acceptors (Lipinski definition) is 6. The highest BCUT2D eigenvalue weighted by molar-refractivity contribution is 6.02. The number of nitrogens with zero attached hydrogens (tertiary/aromatic N) is 3. The first-order chi connectivity index (χ1) is 9.13. The molecule has 0 bridgehead atoms. The van der Waals surface area contributed by atoms with Gasteiger partial charge in [-0.05, 0) is 6.07 Å². The molecule has 1 aromatic rings. The van der Waals surface area contributed by atoms with Gasteiger partial charge in [-0.25, -0.2) is 0 Å². The quantitative estimate of drug-likeness (QED) is 0.271. The number of amidine groups is 1. The van der Waals surface area contributed by atoms with Crippen LogP contribution < -0.4 is 10.6 Å². The van der Waals surface area contributed by atoms with Gasteiger partial charge in [0.1, 0.15) is 0 Å². The van der Waals surface area contributed by atoms with Gasteiger partial charge in [-0.15, -0.1) is 0 Å².